The van der Waals surface area contributed by atoms with Gasteiger partial charge in [0.25, 0.3) is 0 Å². The molecule has 1 N–H and O–H groups in total. The Hall–Kier alpha value is -3.67. The summed E-state index contributed by atoms with van der Waals surface area (Å²) >= 11 is 19.1. The number of hydrogen-bond acceptors (Lipinski definition) is 7. The molecule has 1 amide bonds. The van der Waals surface area contributed by atoms with Gasteiger partial charge >= 0.3 is 5.69 Å². The van der Waals surface area contributed by atoms with Gasteiger partial charge in [0.05, 0.1) is 33.4 Å². The number of ketones is 1. The maximum atomic E-state index is 13.8. The zero-order valence-corrected chi connectivity index (χ0v) is 32.3. The molecule has 0 radical (unpaired) electrons. The van der Waals surface area contributed by atoms with Crippen LogP contribution >= 0.6 is 34.8 Å². The minimum atomic E-state index is -0.385. The minimum absolute atomic E-state index is 0.00933. The Labute approximate surface area is 319 Å². The van der Waals surface area contributed by atoms with E-state index in [2.05, 4.69) is 15.4 Å². The lowest BCUT2D eigenvalue weighted by Crippen LogP contribution is -2.39. The van der Waals surface area contributed by atoms with Gasteiger partial charge in [0, 0.05) is 55.2 Å². The van der Waals surface area contributed by atoms with Crippen LogP contribution in [0.15, 0.2) is 70.6 Å². The van der Waals surface area contributed by atoms with Crippen LogP contribution in [0.5, 0.6) is 0 Å². The molecule has 13 heteroatoms. The number of nitrogens with one attached hydrogen (secondary N) is 1. The molecule has 0 spiro atoms. The maximum Gasteiger partial charge on any atom is 0.329 e. The third kappa shape index (κ3) is 9.65. The van der Waals surface area contributed by atoms with Crippen molar-refractivity contribution in [2.75, 3.05) is 47.0 Å². The number of piperidine rings is 1. The van der Waals surface area contributed by atoms with Gasteiger partial charge in [-0.05, 0) is 92.7 Å². The minimum Gasteiger partial charge on any atom is -0.399 e. The summed E-state index contributed by atoms with van der Waals surface area (Å²) < 4.78 is 8.44. The van der Waals surface area contributed by atoms with Crippen molar-refractivity contribution in [3.8, 4) is 0 Å². The topological polar surface area (TPSA) is 107 Å². The number of aryl methyl sites for hydroxylation is 1. The fourth-order valence-corrected chi connectivity index (χ4v) is 7.72. The molecule has 2 atom stereocenters. The molecule has 1 aromatic heterocycles. The van der Waals surface area contributed by atoms with E-state index >= 15 is 0 Å². The molecule has 278 valence electrons. The van der Waals surface area contributed by atoms with E-state index in [1.807, 2.05) is 66.9 Å². The SMILES string of the molecule is COCCNC(=O)Cn1c(=O)n(C2CCN(CC[C@@H](/C(CC(C)C(=O)c3cc(C)cc(Cl)c3)=N\OC)c3ccc(Cl)c(Cl)c3)CC2)c2ccccc21. The number of rotatable bonds is 16. The van der Waals surface area contributed by atoms with Crippen molar-refractivity contribution in [1.29, 1.82) is 0 Å². The van der Waals surface area contributed by atoms with Crippen LogP contribution in [-0.4, -0.2) is 78.4 Å². The summed E-state index contributed by atoms with van der Waals surface area (Å²) in [7, 11) is 3.09. The molecule has 0 aliphatic carbocycles. The predicted octanol–water partition coefficient (Wildman–Crippen LogP) is 7.56. The summed E-state index contributed by atoms with van der Waals surface area (Å²) in [6.07, 6.45) is 2.62. The maximum absolute atomic E-state index is 13.8. The van der Waals surface area contributed by atoms with E-state index in [1.165, 1.54) is 7.11 Å². The van der Waals surface area contributed by atoms with Gasteiger partial charge < -0.3 is 19.8 Å². The second kappa shape index (κ2) is 18.4. The molecule has 5 rings (SSSR count). The van der Waals surface area contributed by atoms with E-state index in [4.69, 9.17) is 44.4 Å². The van der Waals surface area contributed by atoms with E-state index in [1.54, 1.807) is 23.8 Å². The van der Waals surface area contributed by atoms with Gasteiger partial charge in [-0.1, -0.05) is 65.1 Å². The highest BCUT2D eigenvalue weighted by Gasteiger charge is 2.29. The number of nitrogens with zero attached hydrogens (tertiary/aromatic N) is 4. The lowest BCUT2D eigenvalue weighted by molar-refractivity contribution is -0.121. The van der Waals surface area contributed by atoms with E-state index in [9.17, 15) is 14.4 Å². The summed E-state index contributed by atoms with van der Waals surface area (Å²) in [5.41, 5.74) is 4.54. The number of carbonyl (C=O) groups excluding carboxylic acids is 2. The third-order valence-electron chi connectivity index (χ3n) is 9.70. The molecule has 0 bridgehead atoms. The third-order valence-corrected chi connectivity index (χ3v) is 10.7. The van der Waals surface area contributed by atoms with Crippen LogP contribution in [0.4, 0.5) is 0 Å². The number of carbonyl (C=O) groups is 2. The van der Waals surface area contributed by atoms with Crippen LogP contribution in [0.3, 0.4) is 0 Å². The molecule has 4 aromatic rings. The smallest absolute Gasteiger partial charge is 0.329 e. The number of likely N-dealkylation sites (tertiary alicyclic amines) is 1. The predicted molar refractivity (Wildman–Crippen MR) is 208 cm³/mol. The van der Waals surface area contributed by atoms with Crippen LogP contribution in [0.25, 0.3) is 11.0 Å². The number of ether oxygens (including phenoxy) is 1. The van der Waals surface area contributed by atoms with Crippen LogP contribution in [0.2, 0.25) is 15.1 Å². The van der Waals surface area contributed by atoms with E-state index in [-0.39, 0.29) is 41.8 Å². The zero-order chi connectivity index (χ0) is 37.4. The highest BCUT2D eigenvalue weighted by Crippen LogP contribution is 2.33. The van der Waals surface area contributed by atoms with Crippen LogP contribution in [0.1, 0.15) is 66.1 Å². The normalized spacial score (nSPS) is 15.5. The van der Waals surface area contributed by atoms with Crippen LogP contribution < -0.4 is 11.0 Å². The van der Waals surface area contributed by atoms with Crippen molar-refractivity contribution in [3.63, 3.8) is 0 Å². The largest absolute Gasteiger partial charge is 0.399 e. The van der Waals surface area contributed by atoms with E-state index in [0.717, 1.165) is 60.3 Å². The monoisotopic (exact) mass is 769 g/mol. The number of oxime groups is 1. The zero-order valence-electron chi connectivity index (χ0n) is 30.0. The van der Waals surface area contributed by atoms with Gasteiger partial charge in [-0.3, -0.25) is 18.7 Å². The summed E-state index contributed by atoms with van der Waals surface area (Å²) in [6.45, 7) is 6.84. The molecule has 1 fully saturated rings. The van der Waals surface area contributed by atoms with Crippen molar-refractivity contribution in [2.24, 2.45) is 11.1 Å². The van der Waals surface area contributed by atoms with Gasteiger partial charge in [0.1, 0.15) is 13.7 Å². The standard InChI is InChI=1S/C39H46Cl3N5O5/c1-25-19-28(22-29(40)20-25)38(49)26(2)21-34(44-52-4)31(27-9-10-32(41)33(42)23-27)13-17-45-15-11-30(12-16-45)47-36-8-6-5-7-35(36)46(39(47)50)24-37(48)43-14-18-51-3/h5-10,19-20,22-23,26,30-31H,11-18,21,24H2,1-4H3,(H,43,48)/b44-34-/t26?,31-/m1/s1. The lowest BCUT2D eigenvalue weighted by atomic mass is 9.84. The Bertz CT molecular complexity index is 1950. The molecule has 52 heavy (non-hydrogen) atoms. The molecule has 2 heterocycles. The number of hydrogen-bond donors (Lipinski definition) is 1. The summed E-state index contributed by atoms with van der Waals surface area (Å²) in [5, 5.41) is 8.71. The first kappa shape index (κ1) is 39.5. The highest BCUT2D eigenvalue weighted by atomic mass is 35.5. The quantitative estimate of drug-likeness (QED) is 0.0546. The fraction of sp³-hybridized carbons (Fsp3) is 0.436. The molecule has 1 unspecified atom stereocenters. The molecular weight excluding hydrogens is 725 g/mol. The summed E-state index contributed by atoms with van der Waals surface area (Å²) in [5.74, 6) is -0.833. The number of amides is 1. The summed E-state index contributed by atoms with van der Waals surface area (Å²) in [4.78, 5) is 47.7. The van der Waals surface area contributed by atoms with Crippen molar-refractivity contribution in [2.45, 2.75) is 58.0 Å². The van der Waals surface area contributed by atoms with Crippen molar-refractivity contribution in [3.05, 3.63) is 103 Å². The Kier molecular flexibility index (Phi) is 14.0. The molecular formula is C39H46Cl3N5O5. The van der Waals surface area contributed by atoms with Gasteiger partial charge in [-0.25, -0.2) is 4.79 Å². The molecule has 1 aliphatic heterocycles. The van der Waals surface area contributed by atoms with Crippen LogP contribution in [0, 0.1) is 12.8 Å². The number of para-hydroxylation sites is 2. The van der Waals surface area contributed by atoms with Gasteiger partial charge in [0.15, 0.2) is 5.78 Å². The number of benzene rings is 3. The fourth-order valence-electron chi connectivity index (χ4n) is 7.13. The van der Waals surface area contributed by atoms with E-state index in [0.29, 0.717) is 46.6 Å². The number of Topliss-reactive ketones (excluding diaryl/α,β-unsaturated/α-hetero) is 1. The van der Waals surface area contributed by atoms with Crippen molar-refractivity contribution in [1.82, 2.24) is 19.4 Å². The van der Waals surface area contributed by atoms with E-state index < -0.39 is 0 Å². The molecule has 0 saturated carbocycles. The molecule has 1 saturated heterocycles. The van der Waals surface area contributed by atoms with Crippen LogP contribution in [-0.2, 0) is 20.9 Å². The Balaban J connectivity index is 1.31. The highest BCUT2D eigenvalue weighted by molar-refractivity contribution is 6.42. The first-order chi connectivity index (χ1) is 25.0. The number of imidazole rings is 1. The number of aromatic nitrogens is 2. The second-order valence-corrected chi connectivity index (χ2v) is 14.7. The molecule has 3 aromatic carbocycles. The number of fused-ring (bicyclic) bond motifs is 1. The second-order valence-electron chi connectivity index (χ2n) is 13.4. The Morgan fingerprint density at radius 3 is 2.38 bits per heavy atom. The summed E-state index contributed by atoms with van der Waals surface area (Å²) in [6, 6.07) is 18.6. The first-order valence-electron chi connectivity index (χ1n) is 17.5. The number of halogens is 3. The molecule has 1 aliphatic rings. The van der Waals surface area contributed by atoms with Gasteiger partial charge in [-0.15, -0.1) is 0 Å². The lowest BCUT2D eigenvalue weighted by Gasteiger charge is -2.33. The van der Waals surface area contributed by atoms with Gasteiger partial charge in [-0.2, -0.15) is 0 Å². The average molecular weight is 771 g/mol. The first-order valence-corrected chi connectivity index (χ1v) is 18.7. The molecule has 10 nitrogen and oxygen atoms in total. The number of methoxy groups -OCH3 is 1. The van der Waals surface area contributed by atoms with Crippen molar-refractivity contribution >= 4 is 63.2 Å². The average Bonchev–Trinajstić information content (AvgIpc) is 3.39. The Morgan fingerprint density at radius 2 is 1.71 bits per heavy atom. The van der Waals surface area contributed by atoms with Crippen molar-refractivity contribution < 1.29 is 19.2 Å². The van der Waals surface area contributed by atoms with Gasteiger partial charge in [0.2, 0.25) is 5.91 Å². The Morgan fingerprint density at radius 1 is 0.981 bits per heavy atom.